The van der Waals surface area contributed by atoms with Crippen molar-refractivity contribution >= 4 is 12.2 Å². The Morgan fingerprint density at radius 1 is 1.05 bits per heavy atom. The highest BCUT2D eigenvalue weighted by molar-refractivity contribution is 5.87. The molecule has 0 saturated carbocycles. The molecule has 0 aromatic heterocycles. The molecule has 0 saturated heterocycles. The van der Waals surface area contributed by atoms with Crippen LogP contribution in [0.5, 0.6) is 5.75 Å². The zero-order valence-electron chi connectivity index (χ0n) is 12.0. The number of hydrogen-bond donors (Lipinski definition) is 0. The molecule has 2 rings (SSSR count). The van der Waals surface area contributed by atoms with E-state index in [2.05, 4.69) is 4.99 Å². The van der Waals surface area contributed by atoms with Gasteiger partial charge in [0.25, 0.3) is 0 Å². The molecule has 1 atom stereocenters. The van der Waals surface area contributed by atoms with Crippen molar-refractivity contribution in [3.8, 4) is 5.75 Å². The highest BCUT2D eigenvalue weighted by Crippen LogP contribution is 2.20. The molecule has 4 heteroatoms. The van der Waals surface area contributed by atoms with Crippen LogP contribution in [0.3, 0.4) is 0 Å². The molecule has 0 spiro atoms. The van der Waals surface area contributed by atoms with Crippen LogP contribution in [0, 0.1) is 0 Å². The maximum atomic E-state index is 11.9. The molecule has 0 fully saturated rings. The average Bonchev–Trinajstić information content (AvgIpc) is 2.56. The van der Waals surface area contributed by atoms with E-state index in [1.165, 1.54) is 7.11 Å². The number of ether oxygens (including phenoxy) is 2. The van der Waals surface area contributed by atoms with Crippen LogP contribution in [0.4, 0.5) is 0 Å². The Balaban J connectivity index is 2.31. The number of hydrogen-bond acceptors (Lipinski definition) is 4. The van der Waals surface area contributed by atoms with Crippen LogP contribution < -0.4 is 4.74 Å². The number of para-hydroxylation sites is 1. The van der Waals surface area contributed by atoms with Crippen LogP contribution in [-0.2, 0) is 9.53 Å². The topological polar surface area (TPSA) is 47.9 Å². The van der Waals surface area contributed by atoms with E-state index in [0.717, 1.165) is 11.1 Å². The number of benzene rings is 2. The van der Waals surface area contributed by atoms with E-state index in [1.54, 1.807) is 13.3 Å². The Labute approximate surface area is 124 Å². The highest BCUT2D eigenvalue weighted by Gasteiger charge is 2.19. The normalized spacial score (nSPS) is 12.1. The largest absolute Gasteiger partial charge is 0.496 e. The second-order valence-corrected chi connectivity index (χ2v) is 4.36. The smallest absolute Gasteiger partial charge is 0.335 e. The first-order chi connectivity index (χ1) is 10.3. The van der Waals surface area contributed by atoms with Crippen LogP contribution >= 0.6 is 0 Å². The number of carbonyl (C=O) groups is 1. The Hall–Kier alpha value is -2.62. The minimum Gasteiger partial charge on any atom is -0.496 e. The molecule has 108 valence electrons. The number of carbonyl (C=O) groups excluding carboxylic acids is 1. The lowest BCUT2D eigenvalue weighted by molar-refractivity contribution is -0.142. The van der Waals surface area contributed by atoms with Crippen LogP contribution in [0.15, 0.2) is 59.6 Å². The Bertz CT molecular complexity index is 623. The van der Waals surface area contributed by atoms with Gasteiger partial charge in [0.1, 0.15) is 5.75 Å². The summed E-state index contributed by atoms with van der Waals surface area (Å²) in [5, 5.41) is 0. The number of aliphatic imine (C=N–C) groups is 1. The quantitative estimate of drug-likeness (QED) is 0.626. The fourth-order valence-electron chi connectivity index (χ4n) is 1.96. The molecular weight excluding hydrogens is 266 g/mol. The van der Waals surface area contributed by atoms with Crippen molar-refractivity contribution in [1.29, 1.82) is 0 Å². The molecule has 0 bridgehead atoms. The number of esters is 1. The Morgan fingerprint density at radius 2 is 1.71 bits per heavy atom. The molecule has 2 aromatic carbocycles. The Morgan fingerprint density at radius 3 is 2.38 bits per heavy atom. The number of nitrogens with zero attached hydrogens (tertiary/aromatic N) is 1. The predicted molar refractivity (Wildman–Crippen MR) is 81.8 cm³/mol. The summed E-state index contributed by atoms with van der Waals surface area (Å²) in [6, 6.07) is 16.1. The van der Waals surface area contributed by atoms with Gasteiger partial charge in [0.05, 0.1) is 14.2 Å². The first-order valence-electron chi connectivity index (χ1n) is 6.55. The van der Waals surface area contributed by atoms with Gasteiger partial charge in [-0.2, -0.15) is 0 Å². The number of rotatable bonds is 5. The first kappa shape index (κ1) is 14.8. The molecule has 0 amide bonds. The van der Waals surface area contributed by atoms with Crippen molar-refractivity contribution in [3.63, 3.8) is 0 Å². The maximum absolute atomic E-state index is 11.9. The van der Waals surface area contributed by atoms with Crippen LogP contribution in [0.2, 0.25) is 0 Å². The van der Waals surface area contributed by atoms with Gasteiger partial charge in [0.2, 0.25) is 0 Å². The summed E-state index contributed by atoms with van der Waals surface area (Å²) in [7, 11) is 2.96. The van der Waals surface area contributed by atoms with Crippen molar-refractivity contribution < 1.29 is 14.3 Å². The molecule has 0 aliphatic rings. The van der Waals surface area contributed by atoms with Crippen molar-refractivity contribution in [2.24, 2.45) is 4.99 Å². The maximum Gasteiger partial charge on any atom is 0.335 e. The van der Waals surface area contributed by atoms with E-state index >= 15 is 0 Å². The van der Waals surface area contributed by atoms with Crippen molar-refractivity contribution in [3.05, 3.63) is 65.7 Å². The van der Waals surface area contributed by atoms with Gasteiger partial charge in [-0.15, -0.1) is 0 Å². The van der Waals surface area contributed by atoms with E-state index < -0.39 is 12.0 Å². The summed E-state index contributed by atoms with van der Waals surface area (Å²) in [5.74, 6) is 0.310. The van der Waals surface area contributed by atoms with Gasteiger partial charge in [0.15, 0.2) is 6.04 Å². The van der Waals surface area contributed by atoms with Gasteiger partial charge in [-0.05, 0) is 17.7 Å². The minimum atomic E-state index is -0.680. The third-order valence-electron chi connectivity index (χ3n) is 3.04. The Kier molecular flexibility index (Phi) is 5.10. The van der Waals surface area contributed by atoms with Gasteiger partial charge in [-0.1, -0.05) is 42.5 Å². The lowest BCUT2D eigenvalue weighted by atomic mass is 10.1. The molecule has 0 aliphatic carbocycles. The molecule has 0 unspecified atom stereocenters. The number of methoxy groups -OCH3 is 2. The summed E-state index contributed by atoms with van der Waals surface area (Å²) in [6.45, 7) is 0. The van der Waals surface area contributed by atoms with Gasteiger partial charge < -0.3 is 9.47 Å². The lowest BCUT2D eigenvalue weighted by Gasteiger charge is -2.10. The second kappa shape index (κ2) is 7.24. The summed E-state index contributed by atoms with van der Waals surface area (Å²) >= 11 is 0. The van der Waals surface area contributed by atoms with Gasteiger partial charge >= 0.3 is 5.97 Å². The predicted octanol–water partition coefficient (Wildman–Crippen LogP) is 3.03. The monoisotopic (exact) mass is 283 g/mol. The molecule has 0 heterocycles. The van der Waals surface area contributed by atoms with Gasteiger partial charge in [0, 0.05) is 11.8 Å². The van der Waals surface area contributed by atoms with E-state index in [4.69, 9.17) is 9.47 Å². The van der Waals surface area contributed by atoms with Crippen LogP contribution in [0.25, 0.3) is 0 Å². The van der Waals surface area contributed by atoms with Gasteiger partial charge in [-0.25, -0.2) is 4.79 Å². The van der Waals surface area contributed by atoms with Crippen molar-refractivity contribution in [2.45, 2.75) is 6.04 Å². The van der Waals surface area contributed by atoms with E-state index in [-0.39, 0.29) is 0 Å². The average molecular weight is 283 g/mol. The molecule has 0 aliphatic heterocycles. The fourth-order valence-corrected chi connectivity index (χ4v) is 1.96. The summed E-state index contributed by atoms with van der Waals surface area (Å²) in [5.41, 5.74) is 1.60. The third-order valence-corrected chi connectivity index (χ3v) is 3.04. The molecule has 4 nitrogen and oxygen atoms in total. The molecule has 0 radical (unpaired) electrons. The van der Waals surface area contributed by atoms with Crippen molar-refractivity contribution in [2.75, 3.05) is 14.2 Å². The molecule has 0 N–H and O–H groups in total. The molecule has 21 heavy (non-hydrogen) atoms. The van der Waals surface area contributed by atoms with E-state index in [9.17, 15) is 4.79 Å². The lowest BCUT2D eigenvalue weighted by Crippen LogP contribution is -2.12. The van der Waals surface area contributed by atoms with Crippen LogP contribution in [0.1, 0.15) is 17.2 Å². The zero-order valence-corrected chi connectivity index (χ0v) is 12.0. The third kappa shape index (κ3) is 3.69. The fraction of sp³-hybridized carbons (Fsp3) is 0.176. The van der Waals surface area contributed by atoms with Crippen molar-refractivity contribution in [1.82, 2.24) is 0 Å². The van der Waals surface area contributed by atoms with Crippen LogP contribution in [-0.4, -0.2) is 26.4 Å². The summed E-state index contributed by atoms with van der Waals surface area (Å²) in [6.07, 6.45) is 1.63. The van der Waals surface area contributed by atoms with Gasteiger partial charge in [-0.3, -0.25) is 4.99 Å². The minimum absolute atomic E-state index is 0.396. The first-order valence-corrected chi connectivity index (χ1v) is 6.55. The highest BCUT2D eigenvalue weighted by atomic mass is 16.5. The molecule has 2 aromatic rings. The zero-order chi connectivity index (χ0) is 15.1. The summed E-state index contributed by atoms with van der Waals surface area (Å²) < 4.78 is 10.1. The van der Waals surface area contributed by atoms with E-state index in [0.29, 0.717) is 5.75 Å². The van der Waals surface area contributed by atoms with E-state index in [1.807, 2.05) is 54.6 Å². The molecular formula is C17H17NO3. The standard InChI is InChI=1S/C17H17NO3/c1-20-15-11-7-6-10-14(15)12-18-16(17(19)21-2)13-8-4-3-5-9-13/h3-12,16H,1-2H3/t16-/m0/s1. The SMILES string of the molecule is COC(=O)[C@@H](N=Cc1ccccc1OC)c1ccccc1. The second-order valence-electron chi connectivity index (χ2n) is 4.36. The summed E-state index contributed by atoms with van der Waals surface area (Å²) in [4.78, 5) is 16.3.